The second kappa shape index (κ2) is 5.89. The van der Waals surface area contributed by atoms with E-state index in [1.54, 1.807) is 0 Å². The minimum Gasteiger partial charge on any atom is -0.390 e. The first kappa shape index (κ1) is 14.3. The van der Waals surface area contributed by atoms with Crippen LogP contribution in [0.2, 0.25) is 0 Å². The molecule has 1 aliphatic heterocycles. The molecule has 0 bridgehead atoms. The third-order valence-corrected chi connectivity index (χ3v) is 5.32. The van der Waals surface area contributed by atoms with Crippen LogP contribution in [0.3, 0.4) is 0 Å². The number of aliphatic hydroxyl groups excluding tert-OH is 1. The molecular weight excluding hydrogens is 226 g/mol. The highest BCUT2D eigenvalue weighted by atomic mass is 16.5. The molecule has 1 heterocycles. The van der Waals surface area contributed by atoms with Crippen molar-refractivity contribution in [3.8, 4) is 0 Å². The highest BCUT2D eigenvalue weighted by Gasteiger charge is 2.44. The molecule has 1 saturated heterocycles. The molecule has 0 aromatic heterocycles. The summed E-state index contributed by atoms with van der Waals surface area (Å²) in [5.74, 6) is 1.56. The standard InChI is InChI=1S/C15H29NO2/c1-11(2)12-5-7-15(10-16,8-6-12)14(17)13-4-3-9-18-13/h11-14,17H,3-10,16H2,1-2H3. The fourth-order valence-corrected chi connectivity index (χ4v) is 3.75. The molecule has 3 heteroatoms. The van der Waals surface area contributed by atoms with Crippen molar-refractivity contribution in [1.29, 1.82) is 0 Å². The largest absolute Gasteiger partial charge is 0.390 e. The van der Waals surface area contributed by atoms with Gasteiger partial charge in [0.2, 0.25) is 0 Å². The highest BCUT2D eigenvalue weighted by Crippen LogP contribution is 2.45. The number of hydrogen-bond donors (Lipinski definition) is 2. The van der Waals surface area contributed by atoms with Crippen molar-refractivity contribution in [2.75, 3.05) is 13.2 Å². The maximum absolute atomic E-state index is 10.6. The lowest BCUT2D eigenvalue weighted by atomic mass is 9.64. The van der Waals surface area contributed by atoms with Crippen LogP contribution in [-0.4, -0.2) is 30.5 Å². The molecule has 18 heavy (non-hydrogen) atoms. The Labute approximate surface area is 111 Å². The second-order valence-corrected chi connectivity index (χ2v) is 6.64. The van der Waals surface area contributed by atoms with Crippen LogP contribution in [0.5, 0.6) is 0 Å². The van der Waals surface area contributed by atoms with E-state index in [0.29, 0.717) is 6.54 Å². The van der Waals surface area contributed by atoms with Gasteiger partial charge in [0.05, 0.1) is 12.2 Å². The molecule has 1 aliphatic carbocycles. The molecule has 0 amide bonds. The van der Waals surface area contributed by atoms with Crippen LogP contribution in [0.15, 0.2) is 0 Å². The molecule has 2 rings (SSSR count). The predicted molar refractivity (Wildman–Crippen MR) is 73.3 cm³/mol. The van der Waals surface area contributed by atoms with Crippen molar-refractivity contribution in [2.45, 2.75) is 64.6 Å². The van der Waals surface area contributed by atoms with E-state index in [-0.39, 0.29) is 17.6 Å². The maximum atomic E-state index is 10.6. The summed E-state index contributed by atoms with van der Waals surface area (Å²) in [7, 11) is 0. The van der Waals surface area contributed by atoms with Crippen molar-refractivity contribution >= 4 is 0 Å². The number of rotatable bonds is 4. The zero-order valence-corrected chi connectivity index (χ0v) is 11.9. The van der Waals surface area contributed by atoms with Crippen LogP contribution in [0.4, 0.5) is 0 Å². The Hall–Kier alpha value is -0.120. The molecule has 0 spiro atoms. The van der Waals surface area contributed by atoms with Crippen molar-refractivity contribution < 1.29 is 9.84 Å². The Morgan fingerprint density at radius 3 is 2.39 bits per heavy atom. The summed E-state index contributed by atoms with van der Waals surface area (Å²) in [6.07, 6.45) is 6.29. The summed E-state index contributed by atoms with van der Waals surface area (Å²) >= 11 is 0. The lowest BCUT2D eigenvalue weighted by Crippen LogP contribution is -2.50. The summed E-state index contributed by atoms with van der Waals surface area (Å²) in [5, 5.41) is 10.6. The van der Waals surface area contributed by atoms with E-state index in [4.69, 9.17) is 10.5 Å². The Bertz CT molecular complexity index is 253. The van der Waals surface area contributed by atoms with Gasteiger partial charge in [-0.25, -0.2) is 0 Å². The van der Waals surface area contributed by atoms with Crippen LogP contribution in [0.25, 0.3) is 0 Å². The highest BCUT2D eigenvalue weighted by molar-refractivity contribution is 4.96. The average molecular weight is 255 g/mol. The van der Waals surface area contributed by atoms with E-state index < -0.39 is 0 Å². The van der Waals surface area contributed by atoms with Gasteiger partial charge in [0.25, 0.3) is 0 Å². The smallest absolute Gasteiger partial charge is 0.0869 e. The second-order valence-electron chi connectivity index (χ2n) is 6.64. The normalized spacial score (nSPS) is 39.2. The predicted octanol–water partition coefficient (Wildman–Crippen LogP) is 2.32. The van der Waals surface area contributed by atoms with Crippen molar-refractivity contribution in [2.24, 2.45) is 23.0 Å². The van der Waals surface area contributed by atoms with Gasteiger partial charge in [0, 0.05) is 18.6 Å². The van der Waals surface area contributed by atoms with E-state index in [1.165, 1.54) is 12.8 Å². The van der Waals surface area contributed by atoms with Crippen LogP contribution >= 0.6 is 0 Å². The van der Waals surface area contributed by atoms with Crippen molar-refractivity contribution in [3.05, 3.63) is 0 Å². The van der Waals surface area contributed by atoms with Gasteiger partial charge in [-0.2, -0.15) is 0 Å². The quantitative estimate of drug-likeness (QED) is 0.810. The van der Waals surface area contributed by atoms with Gasteiger partial charge in [-0.05, 0) is 50.4 Å². The van der Waals surface area contributed by atoms with Gasteiger partial charge < -0.3 is 15.6 Å². The molecule has 2 fully saturated rings. The van der Waals surface area contributed by atoms with Crippen LogP contribution in [0, 0.1) is 17.3 Å². The Balaban J connectivity index is 1.98. The van der Waals surface area contributed by atoms with Crippen molar-refractivity contribution in [1.82, 2.24) is 0 Å². The third kappa shape index (κ3) is 2.73. The molecule has 0 aromatic carbocycles. The third-order valence-electron chi connectivity index (χ3n) is 5.32. The van der Waals surface area contributed by atoms with E-state index in [2.05, 4.69) is 13.8 Å². The summed E-state index contributed by atoms with van der Waals surface area (Å²) in [6.45, 7) is 6.00. The van der Waals surface area contributed by atoms with Gasteiger partial charge in [-0.15, -0.1) is 0 Å². The maximum Gasteiger partial charge on any atom is 0.0869 e. The van der Waals surface area contributed by atoms with E-state index in [9.17, 15) is 5.11 Å². The van der Waals surface area contributed by atoms with Gasteiger partial charge in [0.1, 0.15) is 0 Å². The molecule has 3 N–H and O–H groups in total. The van der Waals surface area contributed by atoms with Gasteiger partial charge >= 0.3 is 0 Å². The lowest BCUT2D eigenvalue weighted by Gasteiger charge is -2.45. The SMILES string of the molecule is CC(C)C1CCC(CN)(C(O)C2CCCO2)CC1. The molecule has 106 valence electrons. The van der Waals surface area contributed by atoms with E-state index in [1.807, 2.05) is 0 Å². The number of aliphatic hydroxyl groups is 1. The minimum atomic E-state index is -0.363. The average Bonchev–Trinajstić information content (AvgIpc) is 2.91. The zero-order chi connectivity index (χ0) is 13.2. The molecule has 2 unspecified atom stereocenters. The van der Waals surface area contributed by atoms with Crippen LogP contribution < -0.4 is 5.73 Å². The van der Waals surface area contributed by atoms with E-state index >= 15 is 0 Å². The van der Waals surface area contributed by atoms with E-state index in [0.717, 1.165) is 44.1 Å². The number of hydrogen-bond acceptors (Lipinski definition) is 3. The van der Waals surface area contributed by atoms with Gasteiger partial charge in [0.15, 0.2) is 0 Å². The summed E-state index contributed by atoms with van der Waals surface area (Å²) in [6, 6.07) is 0. The van der Waals surface area contributed by atoms with Crippen LogP contribution in [0.1, 0.15) is 52.4 Å². The zero-order valence-electron chi connectivity index (χ0n) is 11.9. The minimum absolute atomic E-state index is 0.0316. The molecule has 2 atom stereocenters. The summed E-state index contributed by atoms with van der Waals surface area (Å²) in [4.78, 5) is 0. The van der Waals surface area contributed by atoms with Gasteiger partial charge in [-0.1, -0.05) is 13.8 Å². The fourth-order valence-electron chi connectivity index (χ4n) is 3.75. The van der Waals surface area contributed by atoms with Crippen LogP contribution in [-0.2, 0) is 4.74 Å². The first-order valence-corrected chi connectivity index (χ1v) is 7.59. The first-order chi connectivity index (χ1) is 8.59. The summed E-state index contributed by atoms with van der Waals surface area (Å²) in [5.41, 5.74) is 5.93. The lowest BCUT2D eigenvalue weighted by molar-refractivity contribution is -0.0912. The first-order valence-electron chi connectivity index (χ1n) is 7.59. The Morgan fingerprint density at radius 2 is 1.94 bits per heavy atom. The molecule has 2 aliphatic rings. The molecule has 0 radical (unpaired) electrons. The molecular formula is C15H29NO2. The Kier molecular flexibility index (Phi) is 4.68. The fraction of sp³-hybridized carbons (Fsp3) is 1.00. The number of ether oxygens (including phenoxy) is 1. The topological polar surface area (TPSA) is 55.5 Å². The molecule has 3 nitrogen and oxygen atoms in total. The monoisotopic (exact) mass is 255 g/mol. The number of nitrogens with two attached hydrogens (primary N) is 1. The van der Waals surface area contributed by atoms with Gasteiger partial charge in [-0.3, -0.25) is 0 Å². The molecule has 0 aromatic rings. The summed E-state index contributed by atoms with van der Waals surface area (Å²) < 4.78 is 5.66. The van der Waals surface area contributed by atoms with Crippen molar-refractivity contribution in [3.63, 3.8) is 0 Å². The Morgan fingerprint density at radius 1 is 1.28 bits per heavy atom. The molecule has 1 saturated carbocycles.